The Hall–Kier alpha value is -0.0800. The number of rotatable bonds is 4. The predicted molar refractivity (Wildman–Crippen MR) is 50.9 cm³/mol. The van der Waals surface area contributed by atoms with Crippen LogP contribution < -0.4 is 11.1 Å². The van der Waals surface area contributed by atoms with E-state index in [0.29, 0.717) is 6.04 Å². The first-order chi connectivity index (χ1) is 5.75. The molecule has 0 radical (unpaired) electrons. The molecular weight excluding hydrogens is 148 g/mol. The highest BCUT2D eigenvalue weighted by atomic mass is 15.0. The molecule has 1 unspecified atom stereocenters. The molecule has 0 bridgehead atoms. The average molecular weight is 168 g/mol. The van der Waals surface area contributed by atoms with Gasteiger partial charge in [-0.2, -0.15) is 0 Å². The first kappa shape index (κ1) is 8.52. The third kappa shape index (κ3) is 1.99. The molecule has 1 atom stereocenters. The Kier molecular flexibility index (Phi) is 2.37. The molecule has 3 N–H and O–H groups in total. The summed E-state index contributed by atoms with van der Waals surface area (Å²) in [6.07, 6.45) is 5.31. The van der Waals surface area contributed by atoms with E-state index in [1.54, 1.807) is 0 Å². The van der Waals surface area contributed by atoms with Crippen molar-refractivity contribution >= 4 is 0 Å². The quantitative estimate of drug-likeness (QED) is 0.660. The Labute approximate surface area is 74.9 Å². The fraction of sp³-hybridized carbons (Fsp3) is 1.00. The van der Waals surface area contributed by atoms with Crippen LogP contribution in [0.25, 0.3) is 0 Å². The minimum absolute atomic E-state index is 0.485. The number of hydrogen-bond acceptors (Lipinski definition) is 2. The van der Waals surface area contributed by atoms with E-state index in [2.05, 4.69) is 12.2 Å². The molecular formula is C10H20N2. The Balaban J connectivity index is 1.56. The Bertz CT molecular complexity index is 148. The van der Waals surface area contributed by atoms with Crippen LogP contribution in [-0.2, 0) is 0 Å². The van der Waals surface area contributed by atoms with Gasteiger partial charge in [0.2, 0.25) is 0 Å². The van der Waals surface area contributed by atoms with Crippen molar-refractivity contribution in [2.24, 2.45) is 17.6 Å². The van der Waals surface area contributed by atoms with Gasteiger partial charge in [-0.3, -0.25) is 0 Å². The highest BCUT2D eigenvalue weighted by molar-refractivity contribution is 4.89. The predicted octanol–water partition coefficient (Wildman–Crippen LogP) is 1.11. The SMILES string of the molecule is CC(CNC1CC(N)C1)C1CC1. The molecule has 0 aliphatic heterocycles. The van der Waals surface area contributed by atoms with Gasteiger partial charge in [0.15, 0.2) is 0 Å². The van der Waals surface area contributed by atoms with Gasteiger partial charge in [-0.1, -0.05) is 6.92 Å². The minimum Gasteiger partial charge on any atom is -0.328 e. The Morgan fingerprint density at radius 2 is 2.08 bits per heavy atom. The summed E-state index contributed by atoms with van der Waals surface area (Å²) in [6.45, 7) is 3.57. The van der Waals surface area contributed by atoms with Crippen molar-refractivity contribution in [1.82, 2.24) is 5.32 Å². The minimum atomic E-state index is 0.485. The van der Waals surface area contributed by atoms with E-state index < -0.39 is 0 Å². The molecule has 0 aromatic heterocycles. The van der Waals surface area contributed by atoms with E-state index in [4.69, 9.17) is 5.73 Å². The van der Waals surface area contributed by atoms with E-state index in [1.807, 2.05) is 0 Å². The molecule has 2 aliphatic carbocycles. The van der Waals surface area contributed by atoms with Gasteiger partial charge in [0.25, 0.3) is 0 Å². The molecule has 0 aromatic carbocycles. The van der Waals surface area contributed by atoms with E-state index in [9.17, 15) is 0 Å². The van der Waals surface area contributed by atoms with E-state index >= 15 is 0 Å². The summed E-state index contributed by atoms with van der Waals surface area (Å²) in [4.78, 5) is 0. The van der Waals surface area contributed by atoms with Gasteiger partial charge in [0, 0.05) is 12.1 Å². The molecule has 0 saturated heterocycles. The molecule has 0 aromatic rings. The standard InChI is InChI=1S/C10H20N2/c1-7(8-2-3-8)6-12-10-4-9(11)5-10/h7-10,12H,2-6,11H2,1H3. The maximum atomic E-state index is 5.71. The molecule has 0 spiro atoms. The monoisotopic (exact) mass is 168 g/mol. The molecule has 70 valence electrons. The average Bonchev–Trinajstić information content (AvgIpc) is 2.77. The lowest BCUT2D eigenvalue weighted by molar-refractivity contribution is 0.275. The van der Waals surface area contributed by atoms with Gasteiger partial charge < -0.3 is 11.1 Å². The van der Waals surface area contributed by atoms with Crippen molar-refractivity contribution in [2.75, 3.05) is 6.54 Å². The van der Waals surface area contributed by atoms with E-state index in [1.165, 1.54) is 32.2 Å². The molecule has 2 nitrogen and oxygen atoms in total. The molecule has 2 heteroatoms. The molecule has 2 fully saturated rings. The summed E-state index contributed by atoms with van der Waals surface area (Å²) in [5, 5.41) is 3.59. The molecule has 2 rings (SSSR count). The maximum Gasteiger partial charge on any atom is 0.00966 e. The lowest BCUT2D eigenvalue weighted by atomic mass is 9.87. The van der Waals surface area contributed by atoms with Crippen molar-refractivity contribution in [3.8, 4) is 0 Å². The first-order valence-electron chi connectivity index (χ1n) is 5.24. The van der Waals surface area contributed by atoms with Gasteiger partial charge >= 0.3 is 0 Å². The van der Waals surface area contributed by atoms with Gasteiger partial charge in [0.1, 0.15) is 0 Å². The van der Waals surface area contributed by atoms with Crippen LogP contribution in [0, 0.1) is 11.8 Å². The summed E-state index contributed by atoms with van der Waals surface area (Å²) in [6, 6.07) is 1.22. The summed E-state index contributed by atoms with van der Waals surface area (Å²) in [5.41, 5.74) is 5.71. The van der Waals surface area contributed by atoms with Gasteiger partial charge in [-0.15, -0.1) is 0 Å². The smallest absolute Gasteiger partial charge is 0.00966 e. The lowest BCUT2D eigenvalue weighted by Gasteiger charge is -2.34. The molecule has 0 amide bonds. The van der Waals surface area contributed by atoms with Gasteiger partial charge in [-0.25, -0.2) is 0 Å². The van der Waals surface area contributed by atoms with Crippen LogP contribution in [-0.4, -0.2) is 18.6 Å². The zero-order chi connectivity index (χ0) is 8.55. The van der Waals surface area contributed by atoms with Crippen LogP contribution in [0.1, 0.15) is 32.6 Å². The van der Waals surface area contributed by atoms with Crippen LogP contribution >= 0.6 is 0 Å². The summed E-state index contributed by atoms with van der Waals surface area (Å²) >= 11 is 0. The van der Waals surface area contributed by atoms with Gasteiger partial charge in [0.05, 0.1) is 0 Å². The molecule has 0 heterocycles. The number of nitrogens with two attached hydrogens (primary N) is 1. The fourth-order valence-electron chi connectivity index (χ4n) is 2.01. The van der Waals surface area contributed by atoms with Gasteiger partial charge in [-0.05, 0) is 44.1 Å². The fourth-order valence-corrected chi connectivity index (χ4v) is 2.01. The molecule has 12 heavy (non-hydrogen) atoms. The van der Waals surface area contributed by atoms with Crippen LogP contribution in [0.2, 0.25) is 0 Å². The summed E-state index contributed by atoms with van der Waals surface area (Å²) < 4.78 is 0. The highest BCUT2D eigenvalue weighted by Gasteiger charge is 2.30. The van der Waals surface area contributed by atoms with Crippen molar-refractivity contribution < 1.29 is 0 Å². The second-order valence-corrected chi connectivity index (χ2v) is 4.65. The summed E-state index contributed by atoms with van der Waals surface area (Å²) in [5.74, 6) is 1.92. The van der Waals surface area contributed by atoms with Crippen molar-refractivity contribution in [1.29, 1.82) is 0 Å². The normalized spacial score (nSPS) is 37.5. The van der Waals surface area contributed by atoms with E-state index in [-0.39, 0.29) is 0 Å². The van der Waals surface area contributed by atoms with Crippen LogP contribution in [0.5, 0.6) is 0 Å². The first-order valence-corrected chi connectivity index (χ1v) is 5.24. The largest absolute Gasteiger partial charge is 0.328 e. The van der Waals surface area contributed by atoms with Crippen LogP contribution in [0.4, 0.5) is 0 Å². The summed E-state index contributed by atoms with van der Waals surface area (Å²) in [7, 11) is 0. The molecule has 2 aliphatic rings. The zero-order valence-corrected chi connectivity index (χ0v) is 7.92. The van der Waals surface area contributed by atoms with E-state index in [0.717, 1.165) is 17.9 Å². The number of nitrogens with one attached hydrogen (secondary N) is 1. The zero-order valence-electron chi connectivity index (χ0n) is 7.92. The van der Waals surface area contributed by atoms with Crippen molar-refractivity contribution in [2.45, 2.75) is 44.7 Å². The number of hydrogen-bond donors (Lipinski definition) is 2. The lowest BCUT2D eigenvalue weighted by Crippen LogP contribution is -2.49. The van der Waals surface area contributed by atoms with Crippen molar-refractivity contribution in [3.05, 3.63) is 0 Å². The second kappa shape index (κ2) is 3.35. The maximum absolute atomic E-state index is 5.71. The van der Waals surface area contributed by atoms with Crippen LogP contribution in [0.15, 0.2) is 0 Å². The highest BCUT2D eigenvalue weighted by Crippen LogP contribution is 2.36. The molecule has 2 saturated carbocycles. The third-order valence-corrected chi connectivity index (χ3v) is 3.33. The topological polar surface area (TPSA) is 38.0 Å². The Morgan fingerprint density at radius 3 is 2.58 bits per heavy atom. The Morgan fingerprint density at radius 1 is 1.42 bits per heavy atom. The third-order valence-electron chi connectivity index (χ3n) is 3.33. The van der Waals surface area contributed by atoms with Crippen LogP contribution in [0.3, 0.4) is 0 Å². The van der Waals surface area contributed by atoms with Crippen molar-refractivity contribution in [3.63, 3.8) is 0 Å². The second-order valence-electron chi connectivity index (χ2n) is 4.65.